The van der Waals surface area contributed by atoms with Gasteiger partial charge in [-0.3, -0.25) is 0 Å². The Morgan fingerprint density at radius 2 is 2.00 bits per heavy atom. The number of hydrogen-bond donors (Lipinski definition) is 1. The van der Waals surface area contributed by atoms with Gasteiger partial charge in [0.15, 0.2) is 0 Å². The van der Waals surface area contributed by atoms with E-state index < -0.39 is 0 Å². The highest BCUT2D eigenvalue weighted by Gasteiger charge is 2.22. The van der Waals surface area contributed by atoms with Crippen LogP contribution in [-0.2, 0) is 0 Å². The van der Waals surface area contributed by atoms with Crippen molar-refractivity contribution in [1.82, 2.24) is 0 Å². The van der Waals surface area contributed by atoms with Gasteiger partial charge >= 0.3 is 0 Å². The van der Waals surface area contributed by atoms with Crippen molar-refractivity contribution in [3.63, 3.8) is 0 Å². The first-order valence-electron chi connectivity index (χ1n) is 5.22. The Hall–Kier alpha value is -1.18. The molecule has 2 nitrogen and oxygen atoms in total. The first-order valence-corrected chi connectivity index (χ1v) is 5.22. The predicted molar refractivity (Wildman–Crippen MR) is 62.0 cm³/mol. The first kappa shape index (κ1) is 9.38. The Morgan fingerprint density at radius 3 is 2.64 bits per heavy atom. The molecular weight excluding hydrogens is 172 g/mol. The van der Waals surface area contributed by atoms with Crippen LogP contribution in [0.5, 0.6) is 0 Å². The lowest BCUT2D eigenvalue weighted by molar-refractivity contribution is 0.725. The molecule has 76 valence electrons. The maximum absolute atomic E-state index is 3.43. The summed E-state index contributed by atoms with van der Waals surface area (Å²) in [5, 5.41) is 3.43. The van der Waals surface area contributed by atoms with E-state index in [1.165, 1.54) is 22.5 Å². The highest BCUT2D eigenvalue weighted by atomic mass is 15.3. The van der Waals surface area contributed by atoms with E-state index >= 15 is 0 Å². The van der Waals surface area contributed by atoms with Crippen LogP contribution in [0, 0.1) is 13.8 Å². The zero-order valence-electron chi connectivity index (χ0n) is 9.39. The van der Waals surface area contributed by atoms with E-state index in [0.717, 1.165) is 6.67 Å². The van der Waals surface area contributed by atoms with Crippen molar-refractivity contribution in [2.45, 2.75) is 33.7 Å². The lowest BCUT2D eigenvalue weighted by Gasteiger charge is -2.24. The van der Waals surface area contributed by atoms with Crippen molar-refractivity contribution in [3.8, 4) is 0 Å². The minimum atomic E-state index is 0.559. The van der Waals surface area contributed by atoms with Gasteiger partial charge in [-0.2, -0.15) is 0 Å². The third-order valence-electron chi connectivity index (χ3n) is 3.05. The summed E-state index contributed by atoms with van der Waals surface area (Å²) in [5.74, 6) is 0. The normalized spacial score (nSPS) is 14.5. The number of nitrogens with one attached hydrogen (secondary N) is 1. The van der Waals surface area contributed by atoms with Gasteiger partial charge in [0.2, 0.25) is 0 Å². The number of rotatable bonds is 1. The van der Waals surface area contributed by atoms with E-state index in [4.69, 9.17) is 0 Å². The van der Waals surface area contributed by atoms with Crippen LogP contribution < -0.4 is 10.2 Å². The van der Waals surface area contributed by atoms with Crippen LogP contribution in [0.3, 0.4) is 0 Å². The molecule has 1 aliphatic rings. The summed E-state index contributed by atoms with van der Waals surface area (Å²) in [6, 6.07) is 4.93. The summed E-state index contributed by atoms with van der Waals surface area (Å²) in [5.41, 5.74) is 5.45. The van der Waals surface area contributed by atoms with Crippen LogP contribution in [0.2, 0.25) is 0 Å². The first-order chi connectivity index (χ1) is 6.61. The van der Waals surface area contributed by atoms with Crippen molar-refractivity contribution in [1.29, 1.82) is 0 Å². The largest absolute Gasteiger partial charge is 0.366 e. The summed E-state index contributed by atoms with van der Waals surface area (Å²) < 4.78 is 0. The minimum absolute atomic E-state index is 0.559. The van der Waals surface area contributed by atoms with Crippen LogP contribution in [0.1, 0.15) is 25.0 Å². The molecule has 0 bridgehead atoms. The highest BCUT2D eigenvalue weighted by molar-refractivity contribution is 5.79. The molecule has 2 rings (SSSR count). The van der Waals surface area contributed by atoms with Gasteiger partial charge < -0.3 is 10.2 Å². The van der Waals surface area contributed by atoms with Gasteiger partial charge in [-0.25, -0.2) is 0 Å². The molecule has 2 heteroatoms. The molecule has 0 atom stereocenters. The van der Waals surface area contributed by atoms with Crippen LogP contribution in [0.25, 0.3) is 0 Å². The maximum Gasteiger partial charge on any atom is 0.0880 e. The second-order valence-corrected chi connectivity index (χ2v) is 4.30. The second-order valence-electron chi connectivity index (χ2n) is 4.30. The molecule has 0 saturated heterocycles. The smallest absolute Gasteiger partial charge is 0.0880 e. The Bertz CT molecular complexity index is 356. The number of fused-ring (bicyclic) bond motifs is 1. The predicted octanol–water partition coefficient (Wildman–Crippen LogP) is 2.90. The monoisotopic (exact) mass is 190 g/mol. The third kappa shape index (κ3) is 1.26. The highest BCUT2D eigenvalue weighted by Crippen LogP contribution is 2.37. The van der Waals surface area contributed by atoms with Gasteiger partial charge in [0, 0.05) is 6.04 Å². The van der Waals surface area contributed by atoms with Crippen molar-refractivity contribution in [2.75, 3.05) is 16.9 Å². The molecule has 1 N–H and O–H groups in total. The van der Waals surface area contributed by atoms with Gasteiger partial charge in [0.05, 0.1) is 18.0 Å². The van der Waals surface area contributed by atoms with Crippen molar-refractivity contribution < 1.29 is 0 Å². The third-order valence-corrected chi connectivity index (χ3v) is 3.05. The Morgan fingerprint density at radius 1 is 1.29 bits per heavy atom. The summed E-state index contributed by atoms with van der Waals surface area (Å²) in [6.07, 6.45) is 0. The Labute approximate surface area is 85.9 Å². The van der Waals surface area contributed by atoms with E-state index in [9.17, 15) is 0 Å². The number of benzene rings is 1. The lowest BCUT2D eigenvalue weighted by atomic mass is 10.1. The molecule has 0 aliphatic carbocycles. The minimum Gasteiger partial charge on any atom is -0.366 e. The molecule has 0 fully saturated rings. The zero-order valence-corrected chi connectivity index (χ0v) is 9.39. The quantitative estimate of drug-likeness (QED) is 0.732. The molecule has 1 aromatic carbocycles. The summed E-state index contributed by atoms with van der Waals surface area (Å²) in [4.78, 5) is 2.41. The van der Waals surface area contributed by atoms with Crippen molar-refractivity contribution in [2.24, 2.45) is 0 Å². The fourth-order valence-electron chi connectivity index (χ4n) is 2.00. The van der Waals surface area contributed by atoms with Gasteiger partial charge in [-0.15, -0.1) is 0 Å². The molecule has 1 aromatic rings. The number of hydrogen-bond acceptors (Lipinski definition) is 2. The van der Waals surface area contributed by atoms with Crippen LogP contribution in [0.15, 0.2) is 12.1 Å². The Kier molecular flexibility index (Phi) is 2.14. The molecule has 0 saturated carbocycles. The fraction of sp³-hybridized carbons (Fsp3) is 0.500. The van der Waals surface area contributed by atoms with Crippen molar-refractivity contribution in [3.05, 3.63) is 23.3 Å². The second kappa shape index (κ2) is 3.19. The van der Waals surface area contributed by atoms with E-state index in [-0.39, 0.29) is 0 Å². The number of anilines is 2. The van der Waals surface area contributed by atoms with Crippen LogP contribution in [0.4, 0.5) is 11.4 Å². The van der Waals surface area contributed by atoms with Gasteiger partial charge in [-0.05, 0) is 44.9 Å². The average molecular weight is 190 g/mol. The summed E-state index contributed by atoms with van der Waals surface area (Å²) >= 11 is 0. The van der Waals surface area contributed by atoms with Gasteiger partial charge in [0.1, 0.15) is 0 Å². The zero-order chi connectivity index (χ0) is 10.3. The fourth-order valence-corrected chi connectivity index (χ4v) is 2.00. The summed E-state index contributed by atoms with van der Waals surface area (Å²) in [6.45, 7) is 9.79. The molecule has 14 heavy (non-hydrogen) atoms. The summed E-state index contributed by atoms with van der Waals surface area (Å²) in [7, 11) is 0. The topological polar surface area (TPSA) is 15.3 Å². The Balaban J connectivity index is 2.52. The standard InChI is InChI=1S/C12H18N2/c1-8(2)14-7-13-11-6-5-9(3)10(4)12(11)14/h5-6,8,13H,7H2,1-4H3. The van der Waals surface area contributed by atoms with E-state index in [1.54, 1.807) is 0 Å². The molecule has 0 aromatic heterocycles. The maximum atomic E-state index is 3.43. The van der Waals surface area contributed by atoms with E-state index in [2.05, 4.69) is 50.0 Å². The van der Waals surface area contributed by atoms with Crippen molar-refractivity contribution >= 4 is 11.4 Å². The van der Waals surface area contributed by atoms with E-state index in [1.807, 2.05) is 0 Å². The SMILES string of the molecule is Cc1ccc2c(c1C)N(C(C)C)CN2. The van der Waals surface area contributed by atoms with Gasteiger partial charge in [0.25, 0.3) is 0 Å². The molecular formula is C12H18N2. The van der Waals surface area contributed by atoms with Gasteiger partial charge in [-0.1, -0.05) is 6.07 Å². The molecule has 0 spiro atoms. The van der Waals surface area contributed by atoms with E-state index in [0.29, 0.717) is 6.04 Å². The molecule has 1 aliphatic heterocycles. The molecule has 0 amide bonds. The lowest BCUT2D eigenvalue weighted by Crippen LogP contribution is -2.30. The average Bonchev–Trinajstić information content (AvgIpc) is 2.55. The molecule has 1 heterocycles. The number of aryl methyl sites for hydroxylation is 1. The molecule has 0 radical (unpaired) electrons. The van der Waals surface area contributed by atoms with Crippen LogP contribution >= 0.6 is 0 Å². The van der Waals surface area contributed by atoms with Crippen LogP contribution in [-0.4, -0.2) is 12.7 Å². The number of nitrogens with zero attached hydrogens (tertiary/aromatic N) is 1. The molecule has 0 unspecified atom stereocenters.